The van der Waals surface area contributed by atoms with Crippen LogP contribution in [0.25, 0.3) is 0 Å². The molecule has 1 fully saturated rings. The van der Waals surface area contributed by atoms with Crippen molar-refractivity contribution in [1.82, 2.24) is 20.4 Å². The number of hydrogen-bond acceptors (Lipinski definition) is 6. The van der Waals surface area contributed by atoms with E-state index in [1.54, 1.807) is 13.0 Å². The van der Waals surface area contributed by atoms with E-state index in [-0.39, 0.29) is 11.9 Å². The van der Waals surface area contributed by atoms with Crippen LogP contribution >= 0.6 is 11.6 Å². The van der Waals surface area contributed by atoms with E-state index in [1.165, 1.54) is 14.2 Å². The second kappa shape index (κ2) is 9.68. The first-order chi connectivity index (χ1) is 12.9. The number of esters is 1. The predicted octanol–water partition coefficient (Wildman–Crippen LogP) is 1.02. The number of imide groups is 1. The Hall–Kier alpha value is -2.16. The first-order valence-corrected chi connectivity index (χ1v) is 9.09. The molecule has 1 heterocycles. The number of nitrogens with one attached hydrogen (secondary N) is 2. The zero-order valence-electron chi connectivity index (χ0n) is 15.7. The zero-order chi connectivity index (χ0) is 20.0. The number of ether oxygens (including phenoxy) is 1. The Labute approximate surface area is 163 Å². The summed E-state index contributed by atoms with van der Waals surface area (Å²) in [6.07, 6.45) is 0. The molecule has 2 N–H and O–H groups in total. The topological polar surface area (TPSA) is 91.0 Å². The van der Waals surface area contributed by atoms with Crippen LogP contribution in [0.1, 0.15) is 18.5 Å². The number of rotatable bonds is 5. The molecule has 8 nitrogen and oxygen atoms in total. The molecule has 0 unspecified atom stereocenters. The molecule has 148 valence electrons. The number of amides is 3. The van der Waals surface area contributed by atoms with E-state index in [0.29, 0.717) is 36.8 Å². The fourth-order valence-electron chi connectivity index (χ4n) is 3.11. The average Bonchev–Trinajstić information content (AvgIpc) is 2.69. The van der Waals surface area contributed by atoms with Gasteiger partial charge >= 0.3 is 12.0 Å². The minimum Gasteiger partial charge on any atom is -0.468 e. The summed E-state index contributed by atoms with van der Waals surface area (Å²) in [5.74, 6) is -0.736. The van der Waals surface area contributed by atoms with E-state index in [1.807, 2.05) is 28.0 Å². The van der Waals surface area contributed by atoms with Gasteiger partial charge in [-0.1, -0.05) is 29.8 Å². The lowest BCUT2D eigenvalue weighted by atomic mass is 10.0. The number of piperazine rings is 1. The van der Waals surface area contributed by atoms with E-state index in [4.69, 9.17) is 16.3 Å². The van der Waals surface area contributed by atoms with Crippen LogP contribution in [-0.4, -0.2) is 74.1 Å². The van der Waals surface area contributed by atoms with Crippen LogP contribution in [0.4, 0.5) is 4.79 Å². The van der Waals surface area contributed by atoms with Crippen LogP contribution in [0.15, 0.2) is 24.3 Å². The van der Waals surface area contributed by atoms with Gasteiger partial charge < -0.3 is 10.1 Å². The number of benzene rings is 1. The van der Waals surface area contributed by atoms with E-state index in [2.05, 4.69) is 10.6 Å². The SMILES string of the molecule is CNC(=O)NC(=O)[C@H](C)N1CCN([C@@H](C(=O)OC)c2ccccc2Cl)CC1. The number of carbonyl (C=O) groups is 3. The van der Waals surface area contributed by atoms with E-state index in [0.717, 1.165) is 0 Å². The van der Waals surface area contributed by atoms with Crippen LogP contribution in [0.3, 0.4) is 0 Å². The summed E-state index contributed by atoms with van der Waals surface area (Å²) in [4.78, 5) is 39.8. The molecule has 9 heteroatoms. The zero-order valence-corrected chi connectivity index (χ0v) is 16.5. The van der Waals surface area contributed by atoms with E-state index in [9.17, 15) is 14.4 Å². The molecule has 0 bridgehead atoms. The fourth-order valence-corrected chi connectivity index (χ4v) is 3.35. The fraction of sp³-hybridized carbons (Fsp3) is 0.500. The maximum atomic E-state index is 12.4. The molecular formula is C18H25ClN4O4. The quantitative estimate of drug-likeness (QED) is 0.722. The Morgan fingerprint density at radius 1 is 1.11 bits per heavy atom. The maximum absolute atomic E-state index is 12.4. The van der Waals surface area contributed by atoms with Gasteiger partial charge in [0.25, 0.3) is 0 Å². The minimum absolute atomic E-state index is 0.363. The lowest BCUT2D eigenvalue weighted by molar-refractivity contribution is -0.148. The number of hydrogen-bond donors (Lipinski definition) is 2. The summed E-state index contributed by atoms with van der Waals surface area (Å²) in [6, 6.07) is 5.62. The van der Waals surface area contributed by atoms with Crippen molar-refractivity contribution in [2.24, 2.45) is 0 Å². The van der Waals surface area contributed by atoms with E-state index >= 15 is 0 Å². The molecular weight excluding hydrogens is 372 g/mol. The molecule has 1 aliphatic heterocycles. The maximum Gasteiger partial charge on any atom is 0.327 e. The molecule has 0 saturated carbocycles. The summed E-state index contributed by atoms with van der Waals surface area (Å²) in [5.41, 5.74) is 0.699. The second-order valence-corrected chi connectivity index (χ2v) is 6.67. The van der Waals surface area contributed by atoms with Gasteiger partial charge in [0.2, 0.25) is 5.91 Å². The van der Waals surface area contributed by atoms with Gasteiger partial charge in [0.15, 0.2) is 0 Å². The normalized spacial score (nSPS) is 17.6. The summed E-state index contributed by atoms with van der Waals surface area (Å²) in [5, 5.41) is 5.15. The van der Waals surface area contributed by atoms with Gasteiger partial charge in [-0.3, -0.25) is 19.9 Å². The van der Waals surface area contributed by atoms with Crippen molar-refractivity contribution in [2.75, 3.05) is 40.3 Å². The number of methoxy groups -OCH3 is 1. The molecule has 2 rings (SSSR count). The van der Waals surface area contributed by atoms with Crippen molar-refractivity contribution < 1.29 is 19.1 Å². The third-order valence-corrected chi connectivity index (χ3v) is 5.07. The van der Waals surface area contributed by atoms with Crippen molar-refractivity contribution >= 4 is 29.5 Å². The van der Waals surface area contributed by atoms with Crippen molar-refractivity contribution in [2.45, 2.75) is 19.0 Å². The molecule has 27 heavy (non-hydrogen) atoms. The van der Waals surface area contributed by atoms with Gasteiger partial charge in [0.1, 0.15) is 6.04 Å². The molecule has 0 spiro atoms. The molecule has 1 aliphatic rings. The lowest BCUT2D eigenvalue weighted by Gasteiger charge is -2.40. The van der Waals surface area contributed by atoms with Gasteiger partial charge in [-0.25, -0.2) is 9.59 Å². The Kier molecular flexibility index (Phi) is 7.58. The summed E-state index contributed by atoms with van der Waals surface area (Å²) < 4.78 is 4.98. The molecule has 0 radical (unpaired) electrons. The second-order valence-electron chi connectivity index (χ2n) is 6.26. The lowest BCUT2D eigenvalue weighted by Crippen LogP contribution is -2.56. The summed E-state index contributed by atoms with van der Waals surface area (Å²) >= 11 is 6.29. The van der Waals surface area contributed by atoms with Crippen molar-refractivity contribution in [3.63, 3.8) is 0 Å². The highest BCUT2D eigenvalue weighted by atomic mass is 35.5. The van der Waals surface area contributed by atoms with Crippen LogP contribution in [0.2, 0.25) is 5.02 Å². The monoisotopic (exact) mass is 396 g/mol. The average molecular weight is 397 g/mol. The smallest absolute Gasteiger partial charge is 0.327 e. The largest absolute Gasteiger partial charge is 0.468 e. The molecule has 1 aromatic carbocycles. The Morgan fingerprint density at radius 2 is 1.70 bits per heavy atom. The van der Waals surface area contributed by atoms with Crippen molar-refractivity contribution in [3.8, 4) is 0 Å². The third-order valence-electron chi connectivity index (χ3n) is 4.73. The van der Waals surface area contributed by atoms with Crippen LogP contribution in [-0.2, 0) is 14.3 Å². The standard InChI is InChI=1S/C18H25ClN4O4/c1-12(16(24)21-18(26)20-2)22-8-10-23(11-9-22)15(17(25)27-3)13-6-4-5-7-14(13)19/h4-7,12,15H,8-11H2,1-3H3,(H2,20,21,24,26)/t12-,15+/m0/s1. The van der Waals surface area contributed by atoms with Crippen LogP contribution in [0, 0.1) is 0 Å². The minimum atomic E-state index is -0.596. The number of nitrogens with zero attached hydrogens (tertiary/aromatic N) is 2. The van der Waals surface area contributed by atoms with Gasteiger partial charge in [-0.2, -0.15) is 0 Å². The molecule has 2 atom stereocenters. The highest BCUT2D eigenvalue weighted by molar-refractivity contribution is 6.31. The number of urea groups is 1. The molecule has 0 aromatic heterocycles. The molecule has 1 aromatic rings. The highest BCUT2D eigenvalue weighted by Gasteiger charge is 2.34. The predicted molar refractivity (Wildman–Crippen MR) is 101 cm³/mol. The molecule has 0 aliphatic carbocycles. The van der Waals surface area contributed by atoms with Gasteiger partial charge in [0.05, 0.1) is 13.2 Å². The van der Waals surface area contributed by atoms with Crippen LogP contribution in [0.5, 0.6) is 0 Å². The Morgan fingerprint density at radius 3 is 2.26 bits per heavy atom. The Bertz CT molecular complexity index is 692. The molecule has 1 saturated heterocycles. The van der Waals surface area contributed by atoms with Crippen molar-refractivity contribution in [1.29, 1.82) is 0 Å². The van der Waals surface area contributed by atoms with Gasteiger partial charge in [0, 0.05) is 38.2 Å². The number of halogens is 1. The van der Waals surface area contributed by atoms with Gasteiger partial charge in [-0.15, -0.1) is 0 Å². The number of carbonyl (C=O) groups excluding carboxylic acids is 3. The first-order valence-electron chi connectivity index (χ1n) is 8.72. The van der Waals surface area contributed by atoms with E-state index < -0.39 is 18.1 Å². The Balaban J connectivity index is 2.05. The third kappa shape index (κ3) is 5.18. The first kappa shape index (κ1) is 21.1. The summed E-state index contributed by atoms with van der Waals surface area (Å²) in [6.45, 7) is 4.01. The highest BCUT2D eigenvalue weighted by Crippen LogP contribution is 2.29. The molecule has 3 amide bonds. The summed E-state index contributed by atoms with van der Waals surface area (Å²) in [7, 11) is 2.81. The van der Waals surface area contributed by atoms with Crippen LogP contribution < -0.4 is 10.6 Å². The van der Waals surface area contributed by atoms with Crippen molar-refractivity contribution in [3.05, 3.63) is 34.9 Å². The van der Waals surface area contributed by atoms with Gasteiger partial charge in [-0.05, 0) is 18.6 Å².